The Balaban J connectivity index is 2.56. The first kappa shape index (κ1) is 16.0. The Morgan fingerprint density at radius 3 is 2.50 bits per heavy atom. The van der Waals surface area contributed by atoms with Crippen molar-refractivity contribution in [3.05, 3.63) is 28.2 Å². The van der Waals surface area contributed by atoms with Crippen molar-refractivity contribution in [2.75, 3.05) is 11.9 Å². The van der Waals surface area contributed by atoms with Gasteiger partial charge < -0.3 is 4.74 Å². The van der Waals surface area contributed by atoms with E-state index in [2.05, 4.69) is 64.8 Å². The van der Waals surface area contributed by atoms with Gasteiger partial charge in [-0.05, 0) is 48.4 Å². The molecule has 0 bridgehead atoms. The van der Waals surface area contributed by atoms with Gasteiger partial charge in [0, 0.05) is 9.80 Å². The van der Waals surface area contributed by atoms with Crippen LogP contribution >= 0.6 is 31.9 Å². The van der Waals surface area contributed by atoms with Crippen LogP contribution in [-0.2, 0) is 0 Å². The number of hydrogen-bond acceptors (Lipinski definition) is 1. The van der Waals surface area contributed by atoms with E-state index >= 15 is 0 Å². The van der Waals surface area contributed by atoms with Crippen LogP contribution in [0.1, 0.15) is 45.1 Å². The van der Waals surface area contributed by atoms with Gasteiger partial charge in [-0.15, -0.1) is 0 Å². The molecule has 0 aromatic heterocycles. The van der Waals surface area contributed by atoms with Crippen molar-refractivity contribution in [3.8, 4) is 5.75 Å². The van der Waals surface area contributed by atoms with Crippen LogP contribution < -0.4 is 4.74 Å². The number of benzene rings is 1. The molecule has 0 aliphatic carbocycles. The van der Waals surface area contributed by atoms with Gasteiger partial charge in [0.15, 0.2) is 0 Å². The zero-order chi connectivity index (χ0) is 13.5. The third kappa shape index (κ3) is 5.31. The lowest BCUT2D eigenvalue weighted by Crippen LogP contribution is -2.06. The van der Waals surface area contributed by atoms with E-state index in [-0.39, 0.29) is 0 Å². The summed E-state index contributed by atoms with van der Waals surface area (Å²) in [5.41, 5.74) is 1.28. The quantitative estimate of drug-likeness (QED) is 0.548. The van der Waals surface area contributed by atoms with Gasteiger partial charge in [0.25, 0.3) is 0 Å². The molecule has 1 atom stereocenters. The van der Waals surface area contributed by atoms with Gasteiger partial charge in [0.05, 0.1) is 6.61 Å². The Morgan fingerprint density at radius 1 is 1.17 bits per heavy atom. The number of halogens is 2. The lowest BCUT2D eigenvalue weighted by atomic mass is 10.0. The van der Waals surface area contributed by atoms with E-state index in [9.17, 15) is 0 Å². The van der Waals surface area contributed by atoms with E-state index in [1.165, 1.54) is 12.0 Å². The van der Waals surface area contributed by atoms with Gasteiger partial charge in [-0.3, -0.25) is 0 Å². The maximum Gasteiger partial charge on any atom is 0.122 e. The summed E-state index contributed by atoms with van der Waals surface area (Å²) < 4.78 is 7.05. The van der Waals surface area contributed by atoms with Crippen molar-refractivity contribution in [1.82, 2.24) is 0 Å². The third-order valence-electron chi connectivity index (χ3n) is 3.06. The molecule has 0 radical (unpaired) electrons. The molecule has 0 spiro atoms. The van der Waals surface area contributed by atoms with Gasteiger partial charge in [-0.25, -0.2) is 0 Å². The highest BCUT2D eigenvalue weighted by Gasteiger charge is 2.09. The fraction of sp³-hybridized carbons (Fsp3) is 0.600. The summed E-state index contributed by atoms with van der Waals surface area (Å²) in [6.07, 6.45) is 2.32. The fourth-order valence-electron chi connectivity index (χ4n) is 1.80. The molecule has 0 N–H and O–H groups in total. The van der Waals surface area contributed by atoms with Crippen molar-refractivity contribution < 1.29 is 4.74 Å². The van der Waals surface area contributed by atoms with Crippen LogP contribution in [0.3, 0.4) is 0 Å². The molecule has 3 heteroatoms. The van der Waals surface area contributed by atoms with E-state index in [0.717, 1.165) is 28.6 Å². The van der Waals surface area contributed by atoms with Crippen LogP contribution in [0.5, 0.6) is 5.75 Å². The Morgan fingerprint density at radius 2 is 1.89 bits per heavy atom. The molecule has 1 nitrogen and oxygen atoms in total. The second-order valence-corrected chi connectivity index (χ2v) is 6.77. The highest BCUT2D eigenvalue weighted by Crippen LogP contribution is 2.29. The molecule has 1 aromatic carbocycles. The van der Waals surface area contributed by atoms with Gasteiger partial charge in [-0.2, -0.15) is 0 Å². The predicted octanol–water partition coefficient (Wildman–Crippen LogP) is 5.76. The van der Waals surface area contributed by atoms with E-state index in [0.29, 0.717) is 11.8 Å². The summed E-state index contributed by atoms with van der Waals surface area (Å²) >= 11 is 7.00. The second-order valence-electron chi connectivity index (χ2n) is 5.06. The molecule has 1 rings (SSSR count). The highest BCUT2D eigenvalue weighted by atomic mass is 79.9. The SMILES string of the molecule is CC(CCBr)CCOc1ccc(Br)cc1C(C)C. The molecule has 0 aliphatic heterocycles. The van der Waals surface area contributed by atoms with Crippen LogP contribution in [0.15, 0.2) is 22.7 Å². The van der Waals surface area contributed by atoms with Crippen LogP contribution in [-0.4, -0.2) is 11.9 Å². The van der Waals surface area contributed by atoms with E-state index in [4.69, 9.17) is 4.74 Å². The molecular formula is C15H22Br2O. The summed E-state index contributed by atoms with van der Waals surface area (Å²) in [6.45, 7) is 7.47. The van der Waals surface area contributed by atoms with E-state index < -0.39 is 0 Å². The van der Waals surface area contributed by atoms with Crippen molar-refractivity contribution in [2.24, 2.45) is 5.92 Å². The number of rotatable bonds is 7. The smallest absolute Gasteiger partial charge is 0.122 e. The van der Waals surface area contributed by atoms with Gasteiger partial charge in [0.2, 0.25) is 0 Å². The van der Waals surface area contributed by atoms with E-state index in [1.807, 2.05) is 6.07 Å². The molecular weight excluding hydrogens is 356 g/mol. The lowest BCUT2D eigenvalue weighted by molar-refractivity contribution is 0.279. The maximum atomic E-state index is 5.93. The molecule has 1 aromatic rings. The first-order valence-electron chi connectivity index (χ1n) is 6.52. The van der Waals surface area contributed by atoms with Crippen LogP contribution in [0, 0.1) is 5.92 Å². The van der Waals surface area contributed by atoms with Crippen molar-refractivity contribution in [2.45, 2.75) is 39.5 Å². The fourth-order valence-corrected chi connectivity index (χ4v) is 2.96. The number of ether oxygens (including phenoxy) is 1. The molecule has 0 fully saturated rings. The van der Waals surface area contributed by atoms with Crippen LogP contribution in [0.2, 0.25) is 0 Å². The Kier molecular flexibility index (Phi) is 7.31. The molecule has 0 heterocycles. The Labute approximate surface area is 128 Å². The molecule has 1 unspecified atom stereocenters. The average molecular weight is 378 g/mol. The maximum absolute atomic E-state index is 5.93. The Hall–Kier alpha value is -0.0200. The van der Waals surface area contributed by atoms with Crippen molar-refractivity contribution in [3.63, 3.8) is 0 Å². The molecule has 0 saturated heterocycles. The van der Waals surface area contributed by atoms with Crippen LogP contribution in [0.25, 0.3) is 0 Å². The minimum atomic E-state index is 0.484. The monoisotopic (exact) mass is 376 g/mol. The highest BCUT2D eigenvalue weighted by molar-refractivity contribution is 9.10. The third-order valence-corrected chi connectivity index (χ3v) is 4.02. The van der Waals surface area contributed by atoms with Gasteiger partial charge in [-0.1, -0.05) is 52.6 Å². The van der Waals surface area contributed by atoms with Crippen molar-refractivity contribution >= 4 is 31.9 Å². The zero-order valence-electron chi connectivity index (χ0n) is 11.4. The summed E-state index contributed by atoms with van der Waals surface area (Å²) in [5.74, 6) is 2.22. The summed E-state index contributed by atoms with van der Waals surface area (Å²) in [7, 11) is 0. The minimum absolute atomic E-state index is 0.484. The number of alkyl halides is 1. The molecule has 0 amide bonds. The summed E-state index contributed by atoms with van der Waals surface area (Å²) in [6, 6.07) is 6.26. The first-order valence-corrected chi connectivity index (χ1v) is 8.44. The standard InChI is InChI=1S/C15H22Br2O/c1-11(2)14-10-13(17)4-5-15(14)18-9-7-12(3)6-8-16/h4-5,10-12H,6-9H2,1-3H3. The molecule has 18 heavy (non-hydrogen) atoms. The average Bonchev–Trinajstić information content (AvgIpc) is 2.31. The van der Waals surface area contributed by atoms with Crippen LogP contribution in [0.4, 0.5) is 0 Å². The first-order chi connectivity index (χ1) is 8.54. The predicted molar refractivity (Wildman–Crippen MR) is 85.9 cm³/mol. The normalized spacial score (nSPS) is 12.8. The second kappa shape index (κ2) is 8.21. The van der Waals surface area contributed by atoms with Gasteiger partial charge >= 0.3 is 0 Å². The Bertz CT molecular complexity index is 364. The number of hydrogen-bond donors (Lipinski definition) is 0. The largest absolute Gasteiger partial charge is 0.493 e. The summed E-state index contributed by atoms with van der Waals surface area (Å²) in [4.78, 5) is 0. The topological polar surface area (TPSA) is 9.23 Å². The van der Waals surface area contributed by atoms with Gasteiger partial charge in [0.1, 0.15) is 5.75 Å². The van der Waals surface area contributed by atoms with E-state index in [1.54, 1.807) is 0 Å². The molecule has 102 valence electrons. The van der Waals surface area contributed by atoms with Crippen molar-refractivity contribution in [1.29, 1.82) is 0 Å². The molecule has 0 saturated carbocycles. The summed E-state index contributed by atoms with van der Waals surface area (Å²) in [5, 5.41) is 1.07. The zero-order valence-corrected chi connectivity index (χ0v) is 14.6. The lowest BCUT2D eigenvalue weighted by Gasteiger charge is -2.16. The minimum Gasteiger partial charge on any atom is -0.493 e. The molecule has 0 aliphatic rings.